The van der Waals surface area contributed by atoms with E-state index in [1.54, 1.807) is 0 Å². The van der Waals surface area contributed by atoms with E-state index in [1.807, 2.05) is 0 Å². The monoisotopic (exact) mass is 305 g/mol. The number of alkyl halides is 3. The van der Waals surface area contributed by atoms with Crippen LogP contribution in [0.25, 0.3) is 0 Å². The molecule has 1 aromatic rings. The summed E-state index contributed by atoms with van der Waals surface area (Å²) in [5, 5.41) is 18.8. The van der Waals surface area contributed by atoms with Gasteiger partial charge in [-0.05, 0) is 18.9 Å². The van der Waals surface area contributed by atoms with Crippen LogP contribution in [0, 0.1) is 0 Å². The van der Waals surface area contributed by atoms with E-state index in [1.165, 1.54) is 4.90 Å². The number of piperidine rings is 1. The third kappa shape index (κ3) is 3.81. The van der Waals surface area contributed by atoms with Gasteiger partial charge in [0.25, 0.3) is 0 Å². The van der Waals surface area contributed by atoms with Gasteiger partial charge in [-0.15, -0.1) is 0 Å². The number of aliphatic carboxylic acids is 1. The predicted octanol–water partition coefficient (Wildman–Crippen LogP) is 1.30. The van der Waals surface area contributed by atoms with Crippen molar-refractivity contribution in [2.45, 2.75) is 31.0 Å². The largest absolute Gasteiger partial charge is 0.481 e. The van der Waals surface area contributed by atoms with Crippen LogP contribution in [-0.2, 0) is 11.0 Å². The molecule has 1 aliphatic rings. The molecular formula is C12H14F3N3O3. The molecule has 0 aliphatic carbocycles. The number of carboxylic acid groups (broad SMARTS) is 1. The van der Waals surface area contributed by atoms with E-state index in [2.05, 4.69) is 9.97 Å². The molecule has 0 atom stereocenters. The zero-order valence-electron chi connectivity index (χ0n) is 11.0. The zero-order chi connectivity index (χ0) is 15.7. The Labute approximate surface area is 118 Å². The summed E-state index contributed by atoms with van der Waals surface area (Å²) < 4.78 is 37.8. The van der Waals surface area contributed by atoms with Crippen molar-refractivity contribution < 1.29 is 28.2 Å². The molecular weight excluding hydrogens is 291 g/mol. The Hall–Kier alpha value is -1.90. The summed E-state index contributed by atoms with van der Waals surface area (Å²) in [5.74, 6) is -1.18. The van der Waals surface area contributed by atoms with Gasteiger partial charge < -0.3 is 15.1 Å². The quantitative estimate of drug-likeness (QED) is 0.875. The van der Waals surface area contributed by atoms with Gasteiger partial charge in [0.2, 0.25) is 5.95 Å². The number of nitrogens with zero attached hydrogens (tertiary/aromatic N) is 3. The number of hydrogen-bond donors (Lipinski definition) is 2. The van der Waals surface area contributed by atoms with Crippen molar-refractivity contribution in [3.05, 3.63) is 18.0 Å². The lowest BCUT2D eigenvalue weighted by Gasteiger charge is -2.37. The molecule has 2 N–H and O–H groups in total. The fourth-order valence-electron chi connectivity index (χ4n) is 2.24. The smallest absolute Gasteiger partial charge is 0.433 e. The molecule has 1 fully saturated rings. The van der Waals surface area contributed by atoms with Crippen LogP contribution in [0.15, 0.2) is 12.3 Å². The maximum absolute atomic E-state index is 12.6. The average Bonchev–Trinajstić information content (AvgIpc) is 2.37. The summed E-state index contributed by atoms with van der Waals surface area (Å²) in [6, 6.07) is 0.786. The molecule has 0 amide bonds. The Balaban J connectivity index is 2.07. The van der Waals surface area contributed by atoms with Crippen LogP contribution >= 0.6 is 0 Å². The van der Waals surface area contributed by atoms with Crippen molar-refractivity contribution >= 4 is 11.9 Å². The number of aliphatic hydroxyl groups is 1. The molecule has 2 heterocycles. The maximum Gasteiger partial charge on any atom is 0.433 e. The molecule has 0 radical (unpaired) electrons. The second-order valence-corrected chi connectivity index (χ2v) is 5.02. The van der Waals surface area contributed by atoms with Gasteiger partial charge in [-0.3, -0.25) is 4.79 Å². The zero-order valence-corrected chi connectivity index (χ0v) is 11.0. The predicted molar refractivity (Wildman–Crippen MR) is 65.7 cm³/mol. The number of carbonyl (C=O) groups is 1. The second-order valence-electron chi connectivity index (χ2n) is 5.02. The SMILES string of the molecule is O=C(O)CC1(O)CCN(c2nccc(C(F)(F)F)n2)CC1. The van der Waals surface area contributed by atoms with E-state index in [0.29, 0.717) is 0 Å². The van der Waals surface area contributed by atoms with Crippen LogP contribution in [-0.4, -0.2) is 44.8 Å². The summed E-state index contributed by atoms with van der Waals surface area (Å²) in [6.07, 6.45) is -3.62. The molecule has 1 saturated heterocycles. The summed E-state index contributed by atoms with van der Waals surface area (Å²) >= 11 is 0. The van der Waals surface area contributed by atoms with E-state index >= 15 is 0 Å². The first-order valence-corrected chi connectivity index (χ1v) is 6.29. The number of aromatic nitrogens is 2. The van der Waals surface area contributed by atoms with E-state index in [0.717, 1.165) is 12.3 Å². The van der Waals surface area contributed by atoms with Crippen molar-refractivity contribution in [2.75, 3.05) is 18.0 Å². The Kier molecular flexibility index (Phi) is 4.04. The number of halogens is 3. The summed E-state index contributed by atoms with van der Waals surface area (Å²) in [5.41, 5.74) is -2.36. The highest BCUT2D eigenvalue weighted by Crippen LogP contribution is 2.30. The van der Waals surface area contributed by atoms with Gasteiger partial charge in [-0.2, -0.15) is 13.2 Å². The van der Waals surface area contributed by atoms with E-state index < -0.39 is 23.4 Å². The lowest BCUT2D eigenvalue weighted by Crippen LogP contribution is -2.46. The molecule has 0 saturated carbocycles. The first-order chi connectivity index (χ1) is 9.70. The van der Waals surface area contributed by atoms with Crippen molar-refractivity contribution in [2.24, 2.45) is 0 Å². The number of anilines is 1. The number of hydrogen-bond acceptors (Lipinski definition) is 5. The van der Waals surface area contributed by atoms with Crippen molar-refractivity contribution in [1.82, 2.24) is 9.97 Å². The molecule has 1 aliphatic heterocycles. The van der Waals surface area contributed by atoms with Crippen LogP contribution in [0.3, 0.4) is 0 Å². The molecule has 0 spiro atoms. The molecule has 9 heteroatoms. The summed E-state index contributed by atoms with van der Waals surface area (Å²) in [7, 11) is 0. The highest BCUT2D eigenvalue weighted by Gasteiger charge is 2.36. The third-order valence-corrected chi connectivity index (χ3v) is 3.39. The van der Waals surface area contributed by atoms with Gasteiger partial charge in [-0.25, -0.2) is 9.97 Å². The van der Waals surface area contributed by atoms with Crippen LogP contribution in [0.5, 0.6) is 0 Å². The summed E-state index contributed by atoms with van der Waals surface area (Å²) in [4.78, 5) is 19.4. The molecule has 2 rings (SSSR count). The van der Waals surface area contributed by atoms with Crippen molar-refractivity contribution in [3.8, 4) is 0 Å². The lowest BCUT2D eigenvalue weighted by atomic mass is 9.88. The maximum atomic E-state index is 12.6. The van der Waals surface area contributed by atoms with Gasteiger partial charge in [-0.1, -0.05) is 0 Å². The normalized spacial score (nSPS) is 18.6. The summed E-state index contributed by atoms with van der Waals surface area (Å²) in [6.45, 7) is 0.399. The lowest BCUT2D eigenvalue weighted by molar-refractivity contribution is -0.143. The van der Waals surface area contributed by atoms with E-state index in [4.69, 9.17) is 5.11 Å². The van der Waals surface area contributed by atoms with E-state index in [9.17, 15) is 23.1 Å². The number of rotatable bonds is 3. The Morgan fingerprint density at radius 1 is 1.38 bits per heavy atom. The topological polar surface area (TPSA) is 86.5 Å². The van der Waals surface area contributed by atoms with Crippen molar-refractivity contribution in [3.63, 3.8) is 0 Å². The molecule has 0 unspecified atom stereocenters. The molecule has 0 aromatic carbocycles. The Morgan fingerprint density at radius 3 is 2.52 bits per heavy atom. The van der Waals surface area contributed by atoms with Gasteiger partial charge in [0.1, 0.15) is 5.69 Å². The van der Waals surface area contributed by atoms with Crippen LogP contribution in [0.2, 0.25) is 0 Å². The van der Waals surface area contributed by atoms with Gasteiger partial charge in [0.15, 0.2) is 0 Å². The molecule has 0 bridgehead atoms. The minimum Gasteiger partial charge on any atom is -0.481 e. The first-order valence-electron chi connectivity index (χ1n) is 6.29. The fraction of sp³-hybridized carbons (Fsp3) is 0.583. The van der Waals surface area contributed by atoms with E-state index in [-0.39, 0.29) is 38.3 Å². The molecule has 21 heavy (non-hydrogen) atoms. The molecule has 116 valence electrons. The van der Waals surface area contributed by atoms with Gasteiger partial charge in [0.05, 0.1) is 12.0 Å². The molecule has 1 aromatic heterocycles. The molecule has 6 nitrogen and oxygen atoms in total. The van der Waals surface area contributed by atoms with Gasteiger partial charge >= 0.3 is 12.1 Å². The Morgan fingerprint density at radius 2 is 2.00 bits per heavy atom. The number of carboxylic acids is 1. The minimum atomic E-state index is -4.54. The third-order valence-electron chi connectivity index (χ3n) is 3.39. The van der Waals surface area contributed by atoms with Crippen LogP contribution in [0.4, 0.5) is 19.1 Å². The highest BCUT2D eigenvalue weighted by molar-refractivity contribution is 5.68. The van der Waals surface area contributed by atoms with Crippen LogP contribution in [0.1, 0.15) is 25.0 Å². The first kappa shape index (κ1) is 15.5. The second kappa shape index (κ2) is 5.47. The fourth-order valence-corrected chi connectivity index (χ4v) is 2.24. The highest BCUT2D eigenvalue weighted by atomic mass is 19.4. The van der Waals surface area contributed by atoms with Crippen LogP contribution < -0.4 is 4.90 Å². The average molecular weight is 305 g/mol. The standard InChI is InChI=1S/C12H14F3N3O3/c13-12(14,15)8-1-4-16-10(17-8)18-5-2-11(21,3-6-18)7-9(19)20/h1,4,21H,2-3,5-7H2,(H,19,20). The van der Waals surface area contributed by atoms with Gasteiger partial charge in [0, 0.05) is 19.3 Å². The minimum absolute atomic E-state index is 0.0674. The Bertz CT molecular complexity index is 528. The van der Waals surface area contributed by atoms with Crippen molar-refractivity contribution in [1.29, 1.82) is 0 Å².